The number of pyridine rings is 1. The summed E-state index contributed by atoms with van der Waals surface area (Å²) in [5.41, 5.74) is 3.79. The van der Waals surface area contributed by atoms with Gasteiger partial charge in [0.2, 0.25) is 0 Å². The van der Waals surface area contributed by atoms with Crippen molar-refractivity contribution in [3.05, 3.63) is 47.7 Å². The van der Waals surface area contributed by atoms with Gasteiger partial charge in [-0.1, -0.05) is 12.1 Å². The van der Waals surface area contributed by atoms with Crippen LogP contribution in [0.2, 0.25) is 0 Å². The smallest absolute Gasteiger partial charge is 0.199 e. The minimum atomic E-state index is 0.0681. The van der Waals surface area contributed by atoms with Crippen LogP contribution in [-0.4, -0.2) is 46.3 Å². The van der Waals surface area contributed by atoms with Crippen LogP contribution in [0.4, 0.5) is 0 Å². The summed E-state index contributed by atoms with van der Waals surface area (Å²) in [6.07, 6.45) is 1.85. The summed E-state index contributed by atoms with van der Waals surface area (Å²) in [6, 6.07) is 11.4. The Balaban J connectivity index is 1.62. The summed E-state index contributed by atoms with van der Waals surface area (Å²) >= 11 is 0. The van der Waals surface area contributed by atoms with Crippen LogP contribution >= 0.6 is 0 Å². The van der Waals surface area contributed by atoms with Gasteiger partial charge < -0.3 is 14.8 Å². The summed E-state index contributed by atoms with van der Waals surface area (Å²) in [5.74, 6) is 0.0681. The maximum Gasteiger partial charge on any atom is 0.199 e. The van der Waals surface area contributed by atoms with E-state index >= 15 is 0 Å². The standard InChI is InChI=1S/C19H18N4O2/c20-10-13-1-3-15-17(9-13)22-19(24)18(15)16-4-2-14(11-21-16)12-23-5-7-25-8-6-23/h1-4,9,11,22,24H,5-8,12H2. The van der Waals surface area contributed by atoms with Gasteiger partial charge in [0.15, 0.2) is 5.88 Å². The third kappa shape index (κ3) is 3.07. The van der Waals surface area contributed by atoms with Crippen LogP contribution in [0.15, 0.2) is 36.5 Å². The van der Waals surface area contributed by atoms with E-state index in [9.17, 15) is 5.11 Å². The molecule has 0 radical (unpaired) electrons. The second-order valence-corrected chi connectivity index (χ2v) is 6.16. The van der Waals surface area contributed by atoms with Gasteiger partial charge in [-0.25, -0.2) is 0 Å². The van der Waals surface area contributed by atoms with E-state index in [1.54, 1.807) is 12.1 Å². The first kappa shape index (κ1) is 15.6. The summed E-state index contributed by atoms with van der Waals surface area (Å²) in [5, 5.41) is 20.1. The SMILES string of the molecule is N#Cc1ccc2c(-c3ccc(CN4CCOCC4)cn3)c(O)[nH]c2c1. The molecule has 0 bridgehead atoms. The van der Waals surface area contributed by atoms with Crippen molar-refractivity contribution in [2.75, 3.05) is 26.3 Å². The number of rotatable bonds is 3. The number of hydrogen-bond acceptors (Lipinski definition) is 5. The molecule has 6 nitrogen and oxygen atoms in total. The third-order valence-electron chi connectivity index (χ3n) is 4.50. The van der Waals surface area contributed by atoms with Gasteiger partial charge in [-0.05, 0) is 23.8 Å². The summed E-state index contributed by atoms with van der Waals surface area (Å²) in [4.78, 5) is 9.80. The number of aromatic hydroxyl groups is 1. The molecule has 1 saturated heterocycles. The Morgan fingerprint density at radius 1 is 1.24 bits per heavy atom. The van der Waals surface area contributed by atoms with Gasteiger partial charge in [0.1, 0.15) is 0 Å². The summed E-state index contributed by atoms with van der Waals surface area (Å²) in [7, 11) is 0. The molecule has 0 unspecified atom stereocenters. The van der Waals surface area contributed by atoms with Gasteiger partial charge in [0.05, 0.1) is 41.6 Å². The monoisotopic (exact) mass is 334 g/mol. The number of ether oxygens (including phenoxy) is 1. The fraction of sp³-hybridized carbons (Fsp3) is 0.263. The highest BCUT2D eigenvalue weighted by atomic mass is 16.5. The molecule has 1 aromatic carbocycles. The molecule has 0 aliphatic carbocycles. The Morgan fingerprint density at radius 3 is 2.80 bits per heavy atom. The lowest BCUT2D eigenvalue weighted by molar-refractivity contribution is 0.0341. The second kappa shape index (κ2) is 6.55. The van der Waals surface area contributed by atoms with Gasteiger partial charge in [0, 0.05) is 31.2 Å². The van der Waals surface area contributed by atoms with Crippen LogP contribution in [0.1, 0.15) is 11.1 Å². The maximum absolute atomic E-state index is 10.3. The van der Waals surface area contributed by atoms with E-state index in [2.05, 4.69) is 20.9 Å². The Bertz CT molecular complexity index is 934. The molecule has 126 valence electrons. The van der Waals surface area contributed by atoms with Crippen molar-refractivity contribution in [1.29, 1.82) is 5.26 Å². The normalized spacial score (nSPS) is 15.3. The molecule has 2 N–H and O–H groups in total. The van der Waals surface area contributed by atoms with Crippen molar-refractivity contribution in [2.45, 2.75) is 6.54 Å². The molecule has 1 fully saturated rings. The number of morpholine rings is 1. The zero-order valence-corrected chi connectivity index (χ0v) is 13.7. The van der Waals surface area contributed by atoms with Crippen LogP contribution in [0.3, 0.4) is 0 Å². The third-order valence-corrected chi connectivity index (χ3v) is 4.50. The molecule has 1 aliphatic heterocycles. The Morgan fingerprint density at radius 2 is 2.08 bits per heavy atom. The lowest BCUT2D eigenvalue weighted by Gasteiger charge is -2.26. The number of aromatic nitrogens is 2. The highest BCUT2D eigenvalue weighted by Crippen LogP contribution is 2.35. The minimum Gasteiger partial charge on any atom is -0.494 e. The molecule has 2 aromatic heterocycles. The predicted octanol–water partition coefficient (Wildman–Crippen LogP) is 2.64. The number of nitrogens with zero attached hydrogens (tertiary/aromatic N) is 3. The molecule has 0 saturated carbocycles. The van der Waals surface area contributed by atoms with Crippen LogP contribution in [0.25, 0.3) is 22.2 Å². The fourth-order valence-corrected chi connectivity index (χ4v) is 3.20. The Kier molecular flexibility index (Phi) is 4.10. The first-order valence-electron chi connectivity index (χ1n) is 8.25. The molecule has 6 heteroatoms. The summed E-state index contributed by atoms with van der Waals surface area (Å²) in [6.45, 7) is 4.28. The Labute approximate surface area is 145 Å². The molecule has 25 heavy (non-hydrogen) atoms. The van der Waals surface area contributed by atoms with E-state index in [1.165, 1.54) is 0 Å². The van der Waals surface area contributed by atoms with E-state index in [4.69, 9.17) is 10.00 Å². The molecular formula is C19H18N4O2. The van der Waals surface area contributed by atoms with E-state index in [1.807, 2.05) is 24.4 Å². The lowest BCUT2D eigenvalue weighted by Crippen LogP contribution is -2.35. The number of H-pyrrole nitrogens is 1. The Hall–Kier alpha value is -2.88. The van der Waals surface area contributed by atoms with Crippen molar-refractivity contribution in [2.24, 2.45) is 0 Å². The molecule has 0 atom stereocenters. The topological polar surface area (TPSA) is 85.2 Å². The molecule has 3 heterocycles. The van der Waals surface area contributed by atoms with E-state index in [0.717, 1.165) is 49.3 Å². The van der Waals surface area contributed by atoms with E-state index < -0.39 is 0 Å². The molecular weight excluding hydrogens is 316 g/mol. The van der Waals surface area contributed by atoms with Crippen LogP contribution in [0.5, 0.6) is 5.88 Å². The average molecular weight is 334 g/mol. The number of aromatic amines is 1. The van der Waals surface area contributed by atoms with Crippen LogP contribution in [-0.2, 0) is 11.3 Å². The predicted molar refractivity (Wildman–Crippen MR) is 94.0 cm³/mol. The number of nitriles is 1. The highest BCUT2D eigenvalue weighted by molar-refractivity contribution is 5.98. The fourth-order valence-electron chi connectivity index (χ4n) is 3.20. The van der Waals surface area contributed by atoms with Crippen molar-refractivity contribution < 1.29 is 9.84 Å². The molecule has 1 aliphatic rings. The zero-order chi connectivity index (χ0) is 17.2. The summed E-state index contributed by atoms with van der Waals surface area (Å²) < 4.78 is 5.37. The van der Waals surface area contributed by atoms with Crippen molar-refractivity contribution in [3.63, 3.8) is 0 Å². The second-order valence-electron chi connectivity index (χ2n) is 6.16. The first-order valence-corrected chi connectivity index (χ1v) is 8.25. The van der Waals surface area contributed by atoms with Gasteiger partial charge in [0.25, 0.3) is 0 Å². The zero-order valence-electron chi connectivity index (χ0n) is 13.7. The van der Waals surface area contributed by atoms with Gasteiger partial charge in [-0.3, -0.25) is 9.88 Å². The van der Waals surface area contributed by atoms with E-state index in [0.29, 0.717) is 16.8 Å². The van der Waals surface area contributed by atoms with Crippen LogP contribution < -0.4 is 0 Å². The maximum atomic E-state index is 10.3. The van der Waals surface area contributed by atoms with Crippen molar-refractivity contribution in [3.8, 4) is 23.2 Å². The van der Waals surface area contributed by atoms with Crippen molar-refractivity contribution in [1.82, 2.24) is 14.9 Å². The average Bonchev–Trinajstić information content (AvgIpc) is 2.98. The van der Waals surface area contributed by atoms with Gasteiger partial charge >= 0.3 is 0 Å². The number of fused-ring (bicyclic) bond motifs is 1. The first-order chi connectivity index (χ1) is 12.2. The quantitative estimate of drug-likeness (QED) is 0.769. The molecule has 0 amide bonds. The van der Waals surface area contributed by atoms with Crippen molar-refractivity contribution >= 4 is 10.9 Å². The molecule has 0 spiro atoms. The number of nitrogens with one attached hydrogen (secondary N) is 1. The number of hydrogen-bond donors (Lipinski definition) is 2. The van der Waals surface area contributed by atoms with E-state index in [-0.39, 0.29) is 5.88 Å². The molecule has 3 aromatic rings. The molecule has 4 rings (SSSR count). The number of benzene rings is 1. The lowest BCUT2D eigenvalue weighted by atomic mass is 10.1. The minimum absolute atomic E-state index is 0.0681. The van der Waals surface area contributed by atoms with Gasteiger partial charge in [-0.2, -0.15) is 5.26 Å². The van der Waals surface area contributed by atoms with Crippen LogP contribution in [0, 0.1) is 11.3 Å². The van der Waals surface area contributed by atoms with Gasteiger partial charge in [-0.15, -0.1) is 0 Å². The largest absolute Gasteiger partial charge is 0.494 e. The highest BCUT2D eigenvalue weighted by Gasteiger charge is 2.15.